The van der Waals surface area contributed by atoms with E-state index in [1.807, 2.05) is 18.3 Å². The maximum atomic E-state index is 5.71. The van der Waals surface area contributed by atoms with Gasteiger partial charge in [0.05, 0.1) is 17.8 Å². The van der Waals surface area contributed by atoms with Gasteiger partial charge in [-0.05, 0) is 67.2 Å². The number of nitrogens with zero attached hydrogens (tertiary/aromatic N) is 4. The van der Waals surface area contributed by atoms with Crippen LogP contribution in [0.1, 0.15) is 36.8 Å². The van der Waals surface area contributed by atoms with Gasteiger partial charge in [-0.15, -0.1) is 0 Å². The number of hydrogen-bond acceptors (Lipinski definition) is 3. The van der Waals surface area contributed by atoms with E-state index in [1.165, 1.54) is 11.4 Å². The van der Waals surface area contributed by atoms with Crippen LogP contribution in [0.2, 0.25) is 0 Å². The molecule has 0 bridgehead atoms. The summed E-state index contributed by atoms with van der Waals surface area (Å²) in [6.07, 6.45) is 5.01. The zero-order chi connectivity index (χ0) is 20.4. The van der Waals surface area contributed by atoms with Crippen LogP contribution in [-0.2, 0) is 0 Å². The molecule has 6 heteroatoms. The monoisotopic (exact) mass is 405 g/mol. The Morgan fingerprint density at radius 1 is 1.07 bits per heavy atom. The van der Waals surface area contributed by atoms with Gasteiger partial charge in [0.25, 0.3) is 0 Å². The van der Waals surface area contributed by atoms with Crippen molar-refractivity contribution in [1.29, 1.82) is 0 Å². The fourth-order valence-electron chi connectivity index (χ4n) is 3.99. The van der Waals surface area contributed by atoms with E-state index in [2.05, 4.69) is 94.3 Å². The molecule has 0 radical (unpaired) electrons. The Hall–Kier alpha value is -2.86. The normalized spacial score (nSPS) is 18.7. The van der Waals surface area contributed by atoms with Crippen molar-refractivity contribution in [2.24, 2.45) is 0 Å². The number of aromatic nitrogens is 2. The number of hydrogen-bond donors (Lipinski definition) is 1. The van der Waals surface area contributed by atoms with Crippen molar-refractivity contribution in [2.45, 2.75) is 25.4 Å². The molecule has 1 fully saturated rings. The molecule has 1 aliphatic rings. The van der Waals surface area contributed by atoms with Crippen molar-refractivity contribution in [3.8, 4) is 5.69 Å². The van der Waals surface area contributed by atoms with E-state index in [-0.39, 0.29) is 12.1 Å². The number of nitrogens with one attached hydrogen (secondary N) is 1. The third-order valence-electron chi connectivity index (χ3n) is 5.39. The average Bonchev–Trinajstić information content (AvgIpc) is 3.34. The number of pyridine rings is 1. The van der Waals surface area contributed by atoms with Crippen molar-refractivity contribution in [1.82, 2.24) is 19.8 Å². The van der Waals surface area contributed by atoms with E-state index in [4.69, 9.17) is 12.2 Å². The lowest BCUT2D eigenvalue weighted by molar-refractivity contribution is 0.309. The molecule has 29 heavy (non-hydrogen) atoms. The fraction of sp³-hybridized carbons (Fsp3) is 0.304. The quantitative estimate of drug-likeness (QED) is 0.618. The van der Waals surface area contributed by atoms with Gasteiger partial charge < -0.3 is 19.7 Å². The van der Waals surface area contributed by atoms with Crippen molar-refractivity contribution in [3.63, 3.8) is 0 Å². The molecule has 0 aliphatic carbocycles. The molecule has 0 unspecified atom stereocenters. The Bertz CT molecular complexity index is 964. The standard InChI is InChI=1S/C23H27N5S/c1-4-15-28-22(21(25-23(28)29)19-8-5-6-14-24-19)20-9-7-16-27(20)18-12-10-17(11-13-18)26(2)3/h5-14,16,21-22H,4,15H2,1-3H3,(H,25,29)/t21-,22-/m0/s1. The molecule has 1 aromatic carbocycles. The summed E-state index contributed by atoms with van der Waals surface area (Å²) in [5.74, 6) is 0. The molecule has 1 saturated heterocycles. The maximum Gasteiger partial charge on any atom is 0.170 e. The second-order valence-electron chi connectivity index (χ2n) is 7.53. The highest BCUT2D eigenvalue weighted by atomic mass is 32.1. The van der Waals surface area contributed by atoms with Crippen LogP contribution in [0.25, 0.3) is 5.69 Å². The Morgan fingerprint density at radius 3 is 2.52 bits per heavy atom. The van der Waals surface area contributed by atoms with Crippen LogP contribution in [0, 0.1) is 0 Å². The summed E-state index contributed by atoms with van der Waals surface area (Å²) < 4.78 is 2.26. The summed E-state index contributed by atoms with van der Waals surface area (Å²) >= 11 is 5.71. The summed E-state index contributed by atoms with van der Waals surface area (Å²) in [5, 5.41) is 4.32. The van der Waals surface area contributed by atoms with Crippen molar-refractivity contribution in [3.05, 3.63) is 78.4 Å². The van der Waals surface area contributed by atoms with Crippen molar-refractivity contribution in [2.75, 3.05) is 25.5 Å². The largest absolute Gasteiger partial charge is 0.378 e. The van der Waals surface area contributed by atoms with E-state index < -0.39 is 0 Å². The lowest BCUT2D eigenvalue weighted by atomic mass is 10.0. The summed E-state index contributed by atoms with van der Waals surface area (Å²) in [7, 11) is 4.11. The molecule has 1 N–H and O–H groups in total. The first-order chi connectivity index (χ1) is 14.1. The minimum Gasteiger partial charge on any atom is -0.378 e. The first kappa shape index (κ1) is 19.5. The first-order valence-corrected chi connectivity index (χ1v) is 10.4. The highest BCUT2D eigenvalue weighted by Gasteiger charge is 2.40. The van der Waals surface area contributed by atoms with Crippen molar-refractivity contribution < 1.29 is 0 Å². The van der Waals surface area contributed by atoms with Gasteiger partial charge in [0, 0.05) is 50.1 Å². The fourth-order valence-corrected chi connectivity index (χ4v) is 4.32. The topological polar surface area (TPSA) is 36.3 Å². The number of thiocarbonyl (C=S) groups is 1. The summed E-state index contributed by atoms with van der Waals surface area (Å²) in [4.78, 5) is 9.03. The number of anilines is 1. The smallest absolute Gasteiger partial charge is 0.170 e. The SMILES string of the molecule is CCCN1C(=S)N[C@@H](c2ccccn2)[C@@H]1c1cccn1-c1ccc(N(C)C)cc1. The van der Waals surface area contributed by atoms with Crippen LogP contribution in [0.4, 0.5) is 5.69 Å². The Balaban J connectivity index is 1.76. The van der Waals surface area contributed by atoms with E-state index >= 15 is 0 Å². The average molecular weight is 406 g/mol. The van der Waals surface area contributed by atoms with Crippen LogP contribution in [-0.4, -0.2) is 40.2 Å². The highest BCUT2D eigenvalue weighted by Crippen LogP contribution is 2.39. The van der Waals surface area contributed by atoms with E-state index in [0.717, 1.165) is 29.5 Å². The first-order valence-electron chi connectivity index (χ1n) is 10.0. The predicted molar refractivity (Wildman–Crippen MR) is 123 cm³/mol. The minimum absolute atomic E-state index is 0.0185. The summed E-state index contributed by atoms with van der Waals surface area (Å²) in [6.45, 7) is 3.09. The zero-order valence-electron chi connectivity index (χ0n) is 17.1. The van der Waals surface area contributed by atoms with E-state index in [9.17, 15) is 0 Å². The van der Waals surface area contributed by atoms with Crippen LogP contribution in [0.5, 0.6) is 0 Å². The van der Waals surface area contributed by atoms with Crippen molar-refractivity contribution >= 4 is 23.0 Å². The van der Waals surface area contributed by atoms with Gasteiger partial charge in [-0.25, -0.2) is 0 Å². The molecule has 150 valence electrons. The molecule has 0 saturated carbocycles. The van der Waals surface area contributed by atoms with Crippen LogP contribution >= 0.6 is 12.2 Å². The van der Waals surface area contributed by atoms with E-state index in [1.54, 1.807) is 0 Å². The molecule has 5 nitrogen and oxygen atoms in total. The molecular weight excluding hydrogens is 378 g/mol. The van der Waals surface area contributed by atoms with Gasteiger partial charge in [0.2, 0.25) is 0 Å². The molecular formula is C23H27N5S. The van der Waals surface area contributed by atoms with E-state index in [0.29, 0.717) is 0 Å². The lowest BCUT2D eigenvalue weighted by Crippen LogP contribution is -2.31. The maximum absolute atomic E-state index is 5.71. The number of benzene rings is 1. The molecule has 3 aromatic rings. The lowest BCUT2D eigenvalue weighted by Gasteiger charge is -2.28. The van der Waals surface area contributed by atoms with Crippen LogP contribution < -0.4 is 10.2 Å². The summed E-state index contributed by atoms with van der Waals surface area (Å²) in [6, 6.07) is 19.1. The molecule has 1 aliphatic heterocycles. The molecule has 2 atom stereocenters. The molecule has 3 heterocycles. The number of rotatable bonds is 6. The summed E-state index contributed by atoms with van der Waals surface area (Å²) in [5.41, 5.74) is 4.54. The molecule has 0 amide bonds. The Kier molecular flexibility index (Phi) is 5.53. The third-order valence-corrected chi connectivity index (χ3v) is 5.74. The molecule has 2 aromatic heterocycles. The van der Waals surface area contributed by atoms with Gasteiger partial charge in [-0.1, -0.05) is 13.0 Å². The van der Waals surface area contributed by atoms with Crippen LogP contribution in [0.15, 0.2) is 67.0 Å². The van der Waals surface area contributed by atoms with Gasteiger partial charge in [-0.2, -0.15) is 0 Å². The molecule has 0 spiro atoms. The van der Waals surface area contributed by atoms with Gasteiger partial charge in [-0.3, -0.25) is 4.98 Å². The van der Waals surface area contributed by atoms with Crippen LogP contribution in [0.3, 0.4) is 0 Å². The third kappa shape index (κ3) is 3.72. The Morgan fingerprint density at radius 2 is 1.86 bits per heavy atom. The van der Waals surface area contributed by atoms with Gasteiger partial charge >= 0.3 is 0 Å². The minimum atomic E-state index is 0.0185. The second kappa shape index (κ2) is 8.25. The van der Waals surface area contributed by atoms with Gasteiger partial charge in [0.1, 0.15) is 0 Å². The Labute approximate surface area is 178 Å². The second-order valence-corrected chi connectivity index (χ2v) is 7.92. The molecule has 4 rings (SSSR count). The zero-order valence-corrected chi connectivity index (χ0v) is 17.9. The highest BCUT2D eigenvalue weighted by molar-refractivity contribution is 7.80. The predicted octanol–water partition coefficient (Wildman–Crippen LogP) is 4.32. The van der Waals surface area contributed by atoms with Gasteiger partial charge in [0.15, 0.2) is 5.11 Å².